The van der Waals surface area contributed by atoms with Gasteiger partial charge in [-0.1, -0.05) is 30.3 Å². The van der Waals surface area contributed by atoms with Gasteiger partial charge >= 0.3 is 12.1 Å². The Morgan fingerprint density at radius 3 is 2.33 bits per heavy atom. The number of amides is 1. The number of aromatic amines is 1. The van der Waals surface area contributed by atoms with Crippen LogP contribution in [-0.4, -0.2) is 33.0 Å². The molecule has 0 bridgehead atoms. The van der Waals surface area contributed by atoms with Crippen LogP contribution in [0.15, 0.2) is 67.0 Å². The minimum absolute atomic E-state index is 0.0396. The van der Waals surface area contributed by atoms with Crippen LogP contribution in [0.3, 0.4) is 0 Å². The van der Waals surface area contributed by atoms with E-state index in [4.69, 9.17) is 5.73 Å². The zero-order chi connectivity index (χ0) is 32.7. The molecule has 232 valence electrons. The Hall–Kier alpha value is -5.17. The molecule has 2 heterocycles. The van der Waals surface area contributed by atoms with Gasteiger partial charge in [-0.05, 0) is 73.4 Å². The normalized spacial score (nSPS) is 11.9. The molecule has 4 N–H and O–H groups in total. The van der Waals surface area contributed by atoms with Crippen molar-refractivity contribution in [1.82, 2.24) is 15.0 Å². The molecule has 0 unspecified atom stereocenters. The quantitative estimate of drug-likeness (QED) is 0.134. The number of rotatable bonds is 7. The fourth-order valence-electron chi connectivity index (χ4n) is 4.80. The highest BCUT2D eigenvalue weighted by atomic mass is 19.4. The fraction of sp³-hybridized carbons (Fsp3) is 0.188. The number of esters is 1. The average Bonchev–Trinajstić information content (AvgIpc) is 3.43. The van der Waals surface area contributed by atoms with Gasteiger partial charge in [0, 0.05) is 28.9 Å². The van der Waals surface area contributed by atoms with Crippen molar-refractivity contribution in [3.05, 3.63) is 101 Å². The van der Waals surface area contributed by atoms with Crippen LogP contribution < -0.4 is 11.1 Å². The number of alkyl halides is 3. The molecule has 0 aliphatic carbocycles. The fourth-order valence-corrected chi connectivity index (χ4v) is 4.80. The molecule has 0 atom stereocenters. The van der Waals surface area contributed by atoms with Crippen LogP contribution in [0, 0.1) is 18.6 Å². The van der Waals surface area contributed by atoms with Crippen LogP contribution in [-0.2, 0) is 21.7 Å². The second-order valence-corrected chi connectivity index (χ2v) is 10.7. The van der Waals surface area contributed by atoms with Gasteiger partial charge in [0.25, 0.3) is 5.91 Å². The molecule has 5 aromatic rings. The third-order valence-electron chi connectivity index (χ3n) is 7.29. The number of nitrogens with one attached hydrogen (secondary N) is 2. The van der Waals surface area contributed by atoms with E-state index < -0.39 is 40.9 Å². The zero-order valence-corrected chi connectivity index (χ0v) is 24.1. The molecule has 8 nitrogen and oxygen atoms in total. The standard InChI is InChI=1S/C32H26F5N5O3/c1-16-22(27-23-13-26(41-28(23)40-15-39-27)18-6-4-17(14-38)5-7-18)11-20(33)12-25(16)42-29(43)21-9-8-19(10-24(21)34)31(2,3)45-30(44)32(35,36)37/h4-13,15H,14,38H2,1-3H3,(H,42,43)(H,39,40,41). The number of carbonyl (C=O) groups excluding carboxylic acids is 2. The number of hydrogen-bond acceptors (Lipinski definition) is 6. The van der Waals surface area contributed by atoms with Crippen molar-refractivity contribution in [2.45, 2.75) is 39.1 Å². The summed E-state index contributed by atoms with van der Waals surface area (Å²) in [6.45, 7) is 4.34. The highest BCUT2D eigenvalue weighted by Gasteiger charge is 2.44. The zero-order valence-electron chi connectivity index (χ0n) is 24.1. The molecule has 2 aromatic heterocycles. The summed E-state index contributed by atoms with van der Waals surface area (Å²) in [6.07, 6.45) is -3.92. The van der Waals surface area contributed by atoms with Crippen LogP contribution in [0.25, 0.3) is 33.5 Å². The predicted octanol–water partition coefficient (Wildman–Crippen LogP) is 6.93. The molecule has 0 radical (unpaired) electrons. The second kappa shape index (κ2) is 11.7. The van der Waals surface area contributed by atoms with Crippen molar-refractivity contribution in [2.75, 3.05) is 5.32 Å². The van der Waals surface area contributed by atoms with Gasteiger partial charge in [0.15, 0.2) is 0 Å². The van der Waals surface area contributed by atoms with Crippen molar-refractivity contribution < 1.29 is 36.3 Å². The number of nitrogens with two attached hydrogens (primary N) is 1. The van der Waals surface area contributed by atoms with Gasteiger partial charge in [0.2, 0.25) is 0 Å². The van der Waals surface area contributed by atoms with Gasteiger partial charge in [-0.25, -0.2) is 23.5 Å². The molecule has 13 heteroatoms. The van der Waals surface area contributed by atoms with E-state index in [1.807, 2.05) is 30.3 Å². The first-order valence-electron chi connectivity index (χ1n) is 13.5. The molecule has 0 spiro atoms. The largest absolute Gasteiger partial charge is 0.490 e. The molecule has 0 aliphatic rings. The third kappa shape index (κ3) is 6.38. The molecular weight excluding hydrogens is 597 g/mol. The number of fused-ring (bicyclic) bond motifs is 1. The van der Waals surface area contributed by atoms with Crippen LogP contribution in [0.4, 0.5) is 27.6 Å². The molecule has 0 fully saturated rings. The minimum Gasteiger partial charge on any atom is -0.448 e. The summed E-state index contributed by atoms with van der Waals surface area (Å²) >= 11 is 0. The molecule has 0 aliphatic heterocycles. The van der Waals surface area contributed by atoms with Crippen molar-refractivity contribution in [3.8, 4) is 22.5 Å². The summed E-state index contributed by atoms with van der Waals surface area (Å²) in [4.78, 5) is 36.3. The number of carbonyl (C=O) groups is 2. The number of hydrogen-bond donors (Lipinski definition) is 3. The highest BCUT2D eigenvalue weighted by molar-refractivity contribution is 6.06. The van der Waals surface area contributed by atoms with Crippen LogP contribution in [0.1, 0.15) is 40.9 Å². The minimum atomic E-state index is -5.24. The smallest absolute Gasteiger partial charge is 0.448 e. The lowest BCUT2D eigenvalue weighted by molar-refractivity contribution is -0.212. The number of nitrogens with zero attached hydrogens (tertiary/aromatic N) is 2. The first kappa shape index (κ1) is 31.3. The Bertz CT molecular complexity index is 1930. The van der Waals surface area contributed by atoms with Crippen LogP contribution in [0.2, 0.25) is 0 Å². The van der Waals surface area contributed by atoms with E-state index in [-0.39, 0.29) is 11.3 Å². The Balaban J connectivity index is 1.44. The van der Waals surface area contributed by atoms with Crippen molar-refractivity contribution in [3.63, 3.8) is 0 Å². The Kier molecular flexibility index (Phi) is 8.15. The summed E-state index contributed by atoms with van der Waals surface area (Å²) in [5, 5.41) is 3.10. The maximum absolute atomic E-state index is 15.1. The first-order chi connectivity index (χ1) is 21.2. The highest BCUT2D eigenvalue weighted by Crippen LogP contribution is 2.35. The van der Waals surface area contributed by atoms with Crippen LogP contribution in [0.5, 0.6) is 0 Å². The molecule has 45 heavy (non-hydrogen) atoms. The lowest BCUT2D eigenvalue weighted by atomic mass is 9.96. The second-order valence-electron chi connectivity index (χ2n) is 10.7. The van der Waals surface area contributed by atoms with Gasteiger partial charge < -0.3 is 20.8 Å². The Labute approximate surface area is 253 Å². The number of H-pyrrole nitrogens is 1. The van der Waals surface area contributed by atoms with Crippen molar-refractivity contribution in [2.24, 2.45) is 5.73 Å². The molecule has 5 rings (SSSR count). The molecule has 3 aromatic carbocycles. The van der Waals surface area contributed by atoms with E-state index in [1.165, 1.54) is 12.4 Å². The average molecular weight is 624 g/mol. The topological polar surface area (TPSA) is 123 Å². The Morgan fingerprint density at radius 1 is 0.978 bits per heavy atom. The van der Waals surface area contributed by atoms with E-state index >= 15 is 4.39 Å². The molecule has 1 amide bonds. The summed E-state index contributed by atoms with van der Waals surface area (Å²) < 4.78 is 72.5. The van der Waals surface area contributed by atoms with Gasteiger partial charge in [-0.15, -0.1) is 0 Å². The van der Waals surface area contributed by atoms with Gasteiger partial charge in [0.1, 0.15) is 29.2 Å². The summed E-state index contributed by atoms with van der Waals surface area (Å²) in [5.41, 5.74) is 7.53. The van der Waals surface area contributed by atoms with Crippen LogP contribution >= 0.6 is 0 Å². The number of halogens is 5. The predicted molar refractivity (Wildman–Crippen MR) is 157 cm³/mol. The van der Waals surface area contributed by atoms with E-state index in [9.17, 15) is 27.2 Å². The molecule has 0 saturated carbocycles. The SMILES string of the molecule is Cc1c(NC(=O)c2ccc(C(C)(C)OC(=O)C(F)(F)F)cc2F)cc(F)cc1-c1ncnc2[nH]c(-c3ccc(CN)cc3)cc12. The summed E-state index contributed by atoms with van der Waals surface area (Å²) in [5.74, 6) is -5.17. The maximum atomic E-state index is 15.1. The summed E-state index contributed by atoms with van der Waals surface area (Å²) in [7, 11) is 0. The van der Waals surface area contributed by atoms with Gasteiger partial charge in [0.05, 0.1) is 11.3 Å². The lowest BCUT2D eigenvalue weighted by Crippen LogP contribution is -2.34. The number of ether oxygens (including phenoxy) is 1. The number of anilines is 1. The van der Waals surface area contributed by atoms with E-state index in [0.29, 0.717) is 34.4 Å². The monoisotopic (exact) mass is 623 g/mol. The molecular formula is C32H26F5N5O3. The van der Waals surface area contributed by atoms with Crippen molar-refractivity contribution >= 4 is 28.6 Å². The number of aromatic nitrogens is 3. The maximum Gasteiger partial charge on any atom is 0.490 e. The van der Waals surface area contributed by atoms with Crippen molar-refractivity contribution in [1.29, 1.82) is 0 Å². The van der Waals surface area contributed by atoms with E-state index in [1.54, 1.807) is 6.92 Å². The van der Waals surface area contributed by atoms with Gasteiger partial charge in [-0.3, -0.25) is 4.79 Å². The first-order valence-corrected chi connectivity index (χ1v) is 13.5. The summed E-state index contributed by atoms with van der Waals surface area (Å²) in [6, 6.07) is 14.8. The van der Waals surface area contributed by atoms with E-state index in [0.717, 1.165) is 54.9 Å². The third-order valence-corrected chi connectivity index (χ3v) is 7.29. The van der Waals surface area contributed by atoms with E-state index in [2.05, 4.69) is 25.0 Å². The lowest BCUT2D eigenvalue weighted by Gasteiger charge is -2.26. The van der Waals surface area contributed by atoms with Gasteiger partial charge in [-0.2, -0.15) is 13.2 Å². The Morgan fingerprint density at radius 2 is 1.69 bits per heavy atom. The number of benzene rings is 3. The molecule has 0 saturated heterocycles.